The number of rotatable bonds is 4. The SMILES string of the molecule is CC1CN(Cc2ccc(C(=O)O)cc2Cl)CC1N(C)C. The number of halogens is 1. The molecule has 0 radical (unpaired) electrons. The van der Waals surface area contributed by atoms with Crippen molar-refractivity contribution in [2.75, 3.05) is 27.2 Å². The molecule has 2 rings (SSSR count). The molecule has 5 heteroatoms. The Hall–Kier alpha value is -1.10. The summed E-state index contributed by atoms with van der Waals surface area (Å²) >= 11 is 6.19. The predicted octanol–water partition coefficient (Wildman–Crippen LogP) is 2.42. The lowest BCUT2D eigenvalue weighted by atomic mass is 10.1. The molecule has 0 bridgehead atoms. The van der Waals surface area contributed by atoms with Crippen LogP contribution in [0.1, 0.15) is 22.8 Å². The van der Waals surface area contributed by atoms with E-state index in [1.54, 1.807) is 6.07 Å². The second kappa shape index (κ2) is 6.12. The lowest BCUT2D eigenvalue weighted by molar-refractivity contribution is 0.0697. The van der Waals surface area contributed by atoms with Crippen LogP contribution in [0.25, 0.3) is 0 Å². The highest BCUT2D eigenvalue weighted by atomic mass is 35.5. The van der Waals surface area contributed by atoms with Crippen molar-refractivity contribution in [1.29, 1.82) is 0 Å². The Labute approximate surface area is 124 Å². The molecule has 2 unspecified atom stereocenters. The third kappa shape index (κ3) is 3.32. The Balaban J connectivity index is 2.06. The monoisotopic (exact) mass is 296 g/mol. The number of carbonyl (C=O) groups is 1. The Morgan fingerprint density at radius 1 is 1.45 bits per heavy atom. The van der Waals surface area contributed by atoms with Gasteiger partial charge >= 0.3 is 5.97 Å². The van der Waals surface area contributed by atoms with Crippen LogP contribution in [0.4, 0.5) is 0 Å². The molecule has 110 valence electrons. The molecule has 0 aromatic heterocycles. The van der Waals surface area contributed by atoms with Crippen molar-refractivity contribution in [1.82, 2.24) is 9.80 Å². The smallest absolute Gasteiger partial charge is 0.335 e. The quantitative estimate of drug-likeness (QED) is 0.927. The average Bonchev–Trinajstić information content (AvgIpc) is 2.73. The molecule has 1 aromatic carbocycles. The van der Waals surface area contributed by atoms with Crippen molar-refractivity contribution in [2.45, 2.75) is 19.5 Å². The molecule has 1 heterocycles. The first-order chi connectivity index (χ1) is 9.38. The fourth-order valence-electron chi connectivity index (χ4n) is 2.90. The Morgan fingerprint density at radius 2 is 2.15 bits per heavy atom. The minimum Gasteiger partial charge on any atom is -0.478 e. The molecule has 0 spiro atoms. The number of carboxylic acid groups (broad SMARTS) is 1. The van der Waals surface area contributed by atoms with E-state index >= 15 is 0 Å². The van der Waals surface area contributed by atoms with Gasteiger partial charge in [-0.2, -0.15) is 0 Å². The molecular weight excluding hydrogens is 276 g/mol. The molecule has 0 saturated carbocycles. The lowest BCUT2D eigenvalue weighted by Crippen LogP contribution is -2.34. The normalized spacial score (nSPS) is 23.4. The fraction of sp³-hybridized carbons (Fsp3) is 0.533. The van der Waals surface area contributed by atoms with E-state index in [1.165, 1.54) is 6.07 Å². The first-order valence-electron chi connectivity index (χ1n) is 6.79. The van der Waals surface area contributed by atoms with Gasteiger partial charge in [-0.25, -0.2) is 4.79 Å². The number of hydrogen-bond acceptors (Lipinski definition) is 3. The standard InChI is InChI=1S/C15H21ClN2O2/c1-10-7-18(9-14(10)17(2)3)8-12-5-4-11(15(19)20)6-13(12)16/h4-6,10,14H,7-9H2,1-3H3,(H,19,20). The zero-order chi connectivity index (χ0) is 14.9. The van der Waals surface area contributed by atoms with E-state index in [9.17, 15) is 4.79 Å². The summed E-state index contributed by atoms with van der Waals surface area (Å²) in [4.78, 5) is 15.5. The highest BCUT2D eigenvalue weighted by Crippen LogP contribution is 2.25. The summed E-state index contributed by atoms with van der Waals surface area (Å²) in [5, 5.41) is 9.47. The number of likely N-dealkylation sites (N-methyl/N-ethyl adjacent to an activating group) is 1. The summed E-state index contributed by atoms with van der Waals surface area (Å²) in [6.07, 6.45) is 0. The third-order valence-corrected chi connectivity index (χ3v) is 4.36. The van der Waals surface area contributed by atoms with Crippen LogP contribution in [-0.2, 0) is 6.54 Å². The van der Waals surface area contributed by atoms with E-state index in [1.807, 2.05) is 6.07 Å². The summed E-state index contributed by atoms with van der Waals surface area (Å²) in [5.74, 6) is -0.317. The van der Waals surface area contributed by atoms with Crippen molar-refractivity contribution in [3.05, 3.63) is 34.3 Å². The fourth-order valence-corrected chi connectivity index (χ4v) is 3.14. The molecule has 0 amide bonds. The minimum absolute atomic E-state index is 0.236. The first kappa shape index (κ1) is 15.3. The van der Waals surface area contributed by atoms with E-state index in [2.05, 4.69) is 30.8 Å². The van der Waals surface area contributed by atoms with Crippen molar-refractivity contribution in [2.24, 2.45) is 5.92 Å². The molecule has 1 aromatic rings. The van der Waals surface area contributed by atoms with E-state index in [0.29, 0.717) is 17.0 Å². The highest BCUT2D eigenvalue weighted by molar-refractivity contribution is 6.31. The average molecular weight is 297 g/mol. The van der Waals surface area contributed by atoms with Crippen LogP contribution in [-0.4, -0.2) is 54.1 Å². The number of likely N-dealkylation sites (tertiary alicyclic amines) is 1. The van der Waals surface area contributed by atoms with Crippen LogP contribution in [0, 0.1) is 5.92 Å². The Morgan fingerprint density at radius 3 is 2.65 bits per heavy atom. The number of aromatic carboxylic acids is 1. The maximum atomic E-state index is 10.9. The number of nitrogens with zero attached hydrogens (tertiary/aromatic N) is 2. The maximum Gasteiger partial charge on any atom is 0.335 e. The van der Waals surface area contributed by atoms with E-state index in [-0.39, 0.29) is 5.56 Å². The van der Waals surface area contributed by atoms with Crippen LogP contribution in [0.15, 0.2) is 18.2 Å². The molecule has 1 N–H and O–H groups in total. The van der Waals surface area contributed by atoms with Crippen molar-refractivity contribution < 1.29 is 9.90 Å². The van der Waals surface area contributed by atoms with Crippen LogP contribution < -0.4 is 0 Å². The molecule has 1 saturated heterocycles. The molecule has 1 aliphatic rings. The summed E-state index contributed by atoms with van der Waals surface area (Å²) in [6, 6.07) is 5.53. The maximum absolute atomic E-state index is 10.9. The van der Waals surface area contributed by atoms with Crippen molar-refractivity contribution in [3.8, 4) is 0 Å². The van der Waals surface area contributed by atoms with Gasteiger partial charge in [-0.1, -0.05) is 24.6 Å². The van der Waals surface area contributed by atoms with Gasteiger partial charge in [-0.3, -0.25) is 4.90 Å². The number of hydrogen-bond donors (Lipinski definition) is 1. The molecule has 0 aliphatic carbocycles. The first-order valence-corrected chi connectivity index (χ1v) is 7.16. The molecule has 2 atom stereocenters. The van der Waals surface area contributed by atoms with Gasteiger partial charge in [0, 0.05) is 30.7 Å². The number of benzene rings is 1. The van der Waals surface area contributed by atoms with Gasteiger partial charge in [0.15, 0.2) is 0 Å². The summed E-state index contributed by atoms with van der Waals surface area (Å²) in [5.41, 5.74) is 1.22. The molecule has 1 fully saturated rings. The largest absolute Gasteiger partial charge is 0.478 e. The molecule has 4 nitrogen and oxygen atoms in total. The van der Waals surface area contributed by atoms with Crippen LogP contribution in [0.2, 0.25) is 5.02 Å². The third-order valence-electron chi connectivity index (χ3n) is 4.01. The lowest BCUT2D eigenvalue weighted by Gasteiger charge is -2.22. The number of carboxylic acids is 1. The van der Waals surface area contributed by atoms with E-state index < -0.39 is 5.97 Å². The summed E-state index contributed by atoms with van der Waals surface area (Å²) in [6.45, 7) is 5.10. The highest BCUT2D eigenvalue weighted by Gasteiger charge is 2.30. The zero-order valence-electron chi connectivity index (χ0n) is 12.1. The van der Waals surface area contributed by atoms with Gasteiger partial charge in [0.2, 0.25) is 0 Å². The topological polar surface area (TPSA) is 43.8 Å². The van der Waals surface area contributed by atoms with Gasteiger partial charge < -0.3 is 10.0 Å². The van der Waals surface area contributed by atoms with Gasteiger partial charge in [-0.05, 0) is 37.7 Å². The molecular formula is C15H21ClN2O2. The van der Waals surface area contributed by atoms with Gasteiger partial charge in [-0.15, -0.1) is 0 Å². The summed E-state index contributed by atoms with van der Waals surface area (Å²) in [7, 11) is 4.22. The van der Waals surface area contributed by atoms with Crippen molar-refractivity contribution in [3.63, 3.8) is 0 Å². The summed E-state index contributed by atoms with van der Waals surface area (Å²) < 4.78 is 0. The van der Waals surface area contributed by atoms with Crippen LogP contribution in [0.3, 0.4) is 0 Å². The minimum atomic E-state index is -0.944. The van der Waals surface area contributed by atoms with Crippen LogP contribution >= 0.6 is 11.6 Å². The predicted molar refractivity (Wildman–Crippen MR) is 80.3 cm³/mol. The second-order valence-corrected chi connectivity index (χ2v) is 6.22. The zero-order valence-corrected chi connectivity index (χ0v) is 12.9. The Bertz CT molecular complexity index is 505. The van der Waals surface area contributed by atoms with Gasteiger partial charge in [0.25, 0.3) is 0 Å². The second-order valence-electron chi connectivity index (χ2n) is 5.81. The van der Waals surface area contributed by atoms with E-state index in [0.717, 1.165) is 25.2 Å². The van der Waals surface area contributed by atoms with Gasteiger partial charge in [0.05, 0.1) is 5.56 Å². The van der Waals surface area contributed by atoms with Crippen LogP contribution in [0.5, 0.6) is 0 Å². The van der Waals surface area contributed by atoms with E-state index in [4.69, 9.17) is 16.7 Å². The Kier molecular flexibility index (Phi) is 4.68. The van der Waals surface area contributed by atoms with Crippen molar-refractivity contribution >= 4 is 17.6 Å². The molecule has 1 aliphatic heterocycles. The van der Waals surface area contributed by atoms with Gasteiger partial charge in [0.1, 0.15) is 0 Å². The molecule has 20 heavy (non-hydrogen) atoms.